The van der Waals surface area contributed by atoms with Gasteiger partial charge in [0.1, 0.15) is 20.8 Å². The zero-order valence-electron chi connectivity index (χ0n) is 31.0. The molecule has 0 amide bonds. The van der Waals surface area contributed by atoms with Crippen LogP contribution < -0.4 is 9.80 Å². The first-order valence-corrected chi connectivity index (χ1v) is 25.1. The fourth-order valence-corrected chi connectivity index (χ4v) is 11.6. The molecule has 0 saturated carbocycles. The van der Waals surface area contributed by atoms with E-state index in [4.69, 9.17) is 14.5 Å². The number of ether oxygens (including phenoxy) is 2. The van der Waals surface area contributed by atoms with Crippen molar-refractivity contribution in [2.24, 2.45) is 0 Å². The Morgan fingerprint density at radius 3 is 1.60 bits per heavy atom. The van der Waals surface area contributed by atoms with E-state index in [2.05, 4.69) is 63.7 Å². The molecule has 14 nitrogen and oxygen atoms in total. The molecule has 0 unspecified atom stereocenters. The third kappa shape index (κ3) is 11.6. The molecule has 4 saturated heterocycles. The van der Waals surface area contributed by atoms with E-state index in [-0.39, 0.29) is 0 Å². The zero-order chi connectivity index (χ0) is 39.2. The van der Waals surface area contributed by atoms with E-state index in [9.17, 15) is 21.6 Å². The summed E-state index contributed by atoms with van der Waals surface area (Å²) in [7, 11) is -5.98. The Bertz CT molecular complexity index is 2140. The second kappa shape index (κ2) is 19.3. The summed E-state index contributed by atoms with van der Waals surface area (Å²) in [5, 5.41) is 2.26. The van der Waals surface area contributed by atoms with Crippen molar-refractivity contribution in [3.05, 3.63) is 43.2 Å². The van der Waals surface area contributed by atoms with Crippen LogP contribution in [-0.4, -0.2) is 151 Å². The number of morpholine rings is 2. The molecule has 8 heterocycles. The number of aromatic nitrogens is 2. The van der Waals surface area contributed by atoms with Crippen LogP contribution in [0.25, 0.3) is 20.2 Å². The SMILES string of the molecule is CS(=O)(=O)N1CCCCC1.CS(=O)(=O)N1CCN(Cc2cc3cc(Br)nc(N4CCOCC4)c3s2)CC1.O=Cc1cc2cc(Br)nc(N3CCOCC3)c2s1. The summed E-state index contributed by atoms with van der Waals surface area (Å²) in [6, 6.07) is 8.16. The number of nitrogens with zero attached hydrogens (tertiary/aromatic N) is 7. The molecule has 20 heteroatoms. The first-order chi connectivity index (χ1) is 26.3. The molecule has 0 N–H and O–H groups in total. The topological polar surface area (TPSA) is 146 Å². The van der Waals surface area contributed by atoms with Gasteiger partial charge in [0.25, 0.3) is 0 Å². The predicted octanol–water partition coefficient (Wildman–Crippen LogP) is 5.11. The van der Waals surface area contributed by atoms with E-state index in [0.29, 0.717) is 13.1 Å². The number of hydrogen-bond donors (Lipinski definition) is 0. The van der Waals surface area contributed by atoms with E-state index in [1.54, 1.807) is 19.9 Å². The van der Waals surface area contributed by atoms with Crippen LogP contribution in [0.3, 0.4) is 0 Å². The van der Waals surface area contributed by atoms with Crippen molar-refractivity contribution in [1.29, 1.82) is 0 Å². The molecule has 4 aromatic heterocycles. The molecule has 55 heavy (non-hydrogen) atoms. The largest absolute Gasteiger partial charge is 0.378 e. The highest BCUT2D eigenvalue weighted by Gasteiger charge is 2.25. The molecule has 0 bridgehead atoms. The van der Waals surface area contributed by atoms with Gasteiger partial charge in [-0.15, -0.1) is 22.7 Å². The van der Waals surface area contributed by atoms with Crippen molar-refractivity contribution in [3.8, 4) is 0 Å². The van der Waals surface area contributed by atoms with E-state index in [1.807, 2.05) is 12.1 Å². The summed E-state index contributed by atoms with van der Waals surface area (Å²) >= 11 is 10.3. The molecule has 0 aromatic carbocycles. The lowest BCUT2D eigenvalue weighted by Crippen LogP contribution is -2.47. The van der Waals surface area contributed by atoms with Crippen molar-refractivity contribution < 1.29 is 31.1 Å². The highest BCUT2D eigenvalue weighted by atomic mass is 79.9. The summed E-state index contributed by atoms with van der Waals surface area (Å²) in [6.07, 6.45) is 6.67. The molecule has 0 aliphatic carbocycles. The number of fused-ring (bicyclic) bond motifs is 2. The molecule has 0 atom stereocenters. The molecular formula is C35H47Br2N7O7S4. The van der Waals surface area contributed by atoms with Gasteiger partial charge in [-0.3, -0.25) is 9.69 Å². The Hall–Kier alpha value is -1.85. The second-order valence-corrected chi connectivity index (χ2v) is 21.5. The quantitative estimate of drug-likeness (QED) is 0.179. The van der Waals surface area contributed by atoms with Gasteiger partial charge < -0.3 is 19.3 Å². The summed E-state index contributed by atoms with van der Waals surface area (Å²) < 4.78 is 63.0. The summed E-state index contributed by atoms with van der Waals surface area (Å²) in [5.41, 5.74) is 0. The van der Waals surface area contributed by atoms with Gasteiger partial charge in [0.15, 0.2) is 6.29 Å². The van der Waals surface area contributed by atoms with Crippen LogP contribution in [0.1, 0.15) is 33.8 Å². The molecule has 0 spiro atoms. The van der Waals surface area contributed by atoms with E-state index in [1.165, 1.54) is 45.2 Å². The number of hydrogen-bond acceptors (Lipinski definition) is 14. The number of carbonyl (C=O) groups excluding carboxylic acids is 1. The van der Waals surface area contributed by atoms with Gasteiger partial charge in [0.05, 0.1) is 53.2 Å². The first-order valence-electron chi connectivity index (χ1n) is 18.2. The third-order valence-corrected chi connectivity index (χ3v) is 15.3. The summed E-state index contributed by atoms with van der Waals surface area (Å²) in [5.74, 6) is 1.97. The predicted molar refractivity (Wildman–Crippen MR) is 228 cm³/mol. The average Bonchev–Trinajstić information content (AvgIpc) is 3.78. The Kier molecular flexibility index (Phi) is 15.0. The van der Waals surface area contributed by atoms with Crippen LogP contribution in [-0.2, 0) is 36.1 Å². The van der Waals surface area contributed by atoms with Crippen molar-refractivity contribution in [2.45, 2.75) is 25.8 Å². The third-order valence-electron chi connectivity index (χ3n) is 9.67. The minimum absolute atomic E-state index is 0.565. The molecule has 4 aliphatic heterocycles. The van der Waals surface area contributed by atoms with Crippen LogP contribution >= 0.6 is 54.5 Å². The molecule has 4 fully saturated rings. The molecule has 4 aliphatic rings. The van der Waals surface area contributed by atoms with Crippen molar-refractivity contribution >= 4 is 113 Å². The van der Waals surface area contributed by atoms with Gasteiger partial charge in [0, 0.05) is 76.9 Å². The number of sulfonamides is 2. The van der Waals surface area contributed by atoms with Crippen LogP contribution in [0, 0.1) is 0 Å². The number of piperazine rings is 1. The highest BCUT2D eigenvalue weighted by molar-refractivity contribution is 9.10. The van der Waals surface area contributed by atoms with E-state index in [0.717, 1.165) is 140 Å². The standard InChI is InChI=1S/C17H23BrN4O3S2.C12H11BrN2O2S.C6H13NO2S/c1-27(23,24)22-4-2-20(3-5-22)12-14-10-13-11-15(18)19-17(16(13)26-14)21-6-8-25-9-7-21;13-10-6-8-5-9(7-16)18-11(8)12(14-10)15-1-3-17-4-2-15;1-10(8,9)7-5-3-2-4-6-7/h10-11H,2-9,12H2,1H3;5-7H,1-4H2;2-6H2,1H3. The van der Waals surface area contributed by atoms with Crippen molar-refractivity contribution in [2.75, 3.05) is 114 Å². The number of aldehydes is 1. The number of piperidine rings is 1. The number of halogens is 2. The number of anilines is 2. The Labute approximate surface area is 348 Å². The molecule has 4 aromatic rings. The maximum absolute atomic E-state index is 11.7. The molecule has 0 radical (unpaired) electrons. The first kappa shape index (κ1) is 42.7. The Morgan fingerprint density at radius 1 is 0.655 bits per heavy atom. The minimum Gasteiger partial charge on any atom is -0.378 e. The van der Waals surface area contributed by atoms with Crippen LogP contribution in [0.4, 0.5) is 11.6 Å². The summed E-state index contributed by atoms with van der Waals surface area (Å²) in [4.78, 5) is 29.0. The monoisotopic (exact) mass is 963 g/mol. The number of pyridine rings is 2. The maximum atomic E-state index is 11.7. The fraction of sp³-hybridized carbons (Fsp3) is 0.571. The molecular weight excluding hydrogens is 919 g/mol. The lowest BCUT2D eigenvalue weighted by Gasteiger charge is -2.32. The van der Waals surface area contributed by atoms with Gasteiger partial charge in [-0.2, -0.15) is 4.31 Å². The van der Waals surface area contributed by atoms with Gasteiger partial charge in [-0.05, 0) is 79.7 Å². The van der Waals surface area contributed by atoms with Crippen molar-refractivity contribution in [1.82, 2.24) is 23.5 Å². The van der Waals surface area contributed by atoms with Gasteiger partial charge in [-0.25, -0.2) is 31.1 Å². The number of carbonyl (C=O) groups is 1. The van der Waals surface area contributed by atoms with Crippen molar-refractivity contribution in [3.63, 3.8) is 0 Å². The molecule has 8 rings (SSSR count). The second-order valence-electron chi connectivity index (χ2n) is 13.7. The van der Waals surface area contributed by atoms with Gasteiger partial charge in [0.2, 0.25) is 20.0 Å². The van der Waals surface area contributed by atoms with Crippen LogP contribution in [0.15, 0.2) is 33.5 Å². The average molecular weight is 966 g/mol. The van der Waals surface area contributed by atoms with Gasteiger partial charge in [-0.1, -0.05) is 6.42 Å². The Balaban J connectivity index is 0.000000157. The smallest absolute Gasteiger partial charge is 0.211 e. The van der Waals surface area contributed by atoms with Gasteiger partial charge >= 0.3 is 0 Å². The van der Waals surface area contributed by atoms with Crippen LogP contribution in [0.5, 0.6) is 0 Å². The lowest BCUT2D eigenvalue weighted by atomic mass is 10.2. The fourth-order valence-electron chi connectivity index (χ4n) is 6.82. The van der Waals surface area contributed by atoms with E-state index < -0.39 is 20.0 Å². The Morgan fingerprint density at radius 2 is 1.13 bits per heavy atom. The minimum atomic E-state index is -3.09. The van der Waals surface area contributed by atoms with Crippen LogP contribution in [0.2, 0.25) is 0 Å². The molecule has 302 valence electrons. The normalized spacial score (nSPS) is 19.5. The number of thiophene rings is 2. The maximum Gasteiger partial charge on any atom is 0.211 e. The zero-order valence-corrected chi connectivity index (χ0v) is 37.4. The van der Waals surface area contributed by atoms with E-state index >= 15 is 0 Å². The summed E-state index contributed by atoms with van der Waals surface area (Å²) in [6.45, 7) is 11.3. The number of rotatable bonds is 7. The highest BCUT2D eigenvalue weighted by Crippen LogP contribution is 2.36. The lowest BCUT2D eigenvalue weighted by molar-refractivity contribution is 0.112.